The van der Waals surface area contributed by atoms with Gasteiger partial charge in [0, 0.05) is 12.5 Å². The molecule has 0 aliphatic heterocycles. The molecule has 1 amide bonds. The van der Waals surface area contributed by atoms with Gasteiger partial charge >= 0.3 is 0 Å². The third-order valence-electron chi connectivity index (χ3n) is 3.31. The first-order valence-corrected chi connectivity index (χ1v) is 7.60. The zero-order valence-corrected chi connectivity index (χ0v) is 12.9. The number of nitrogens with one attached hydrogen (secondary N) is 1. The van der Waals surface area contributed by atoms with Crippen LogP contribution in [-0.4, -0.2) is 24.2 Å². The SMILES string of the molecule is C=C(CO)CCNC(=O)C1CCCC(C)C1.CCC. The van der Waals surface area contributed by atoms with Crippen molar-refractivity contribution in [3.05, 3.63) is 12.2 Å². The van der Waals surface area contributed by atoms with Crippen molar-refractivity contribution < 1.29 is 9.90 Å². The molecule has 1 aliphatic carbocycles. The van der Waals surface area contributed by atoms with Crippen molar-refractivity contribution in [2.24, 2.45) is 11.8 Å². The van der Waals surface area contributed by atoms with Gasteiger partial charge in [-0.3, -0.25) is 4.79 Å². The van der Waals surface area contributed by atoms with Crippen LogP contribution in [0.15, 0.2) is 12.2 Å². The molecule has 0 heterocycles. The third-order valence-corrected chi connectivity index (χ3v) is 3.31. The summed E-state index contributed by atoms with van der Waals surface area (Å²) in [5.74, 6) is 1.06. The molecule has 0 saturated heterocycles. The maximum absolute atomic E-state index is 11.8. The van der Waals surface area contributed by atoms with Crippen molar-refractivity contribution in [1.29, 1.82) is 0 Å². The smallest absolute Gasteiger partial charge is 0.223 e. The van der Waals surface area contributed by atoms with Gasteiger partial charge in [0.15, 0.2) is 0 Å². The molecule has 0 radical (unpaired) electrons. The number of hydrogen-bond acceptors (Lipinski definition) is 2. The average molecular weight is 269 g/mol. The largest absolute Gasteiger partial charge is 0.392 e. The molecule has 2 unspecified atom stereocenters. The van der Waals surface area contributed by atoms with Crippen LogP contribution in [0.25, 0.3) is 0 Å². The normalized spacial score (nSPS) is 22.1. The Hall–Kier alpha value is -0.830. The van der Waals surface area contributed by atoms with Crippen LogP contribution in [-0.2, 0) is 4.79 Å². The van der Waals surface area contributed by atoms with Gasteiger partial charge in [0.1, 0.15) is 0 Å². The first-order valence-electron chi connectivity index (χ1n) is 7.60. The van der Waals surface area contributed by atoms with E-state index in [1.54, 1.807) is 0 Å². The highest BCUT2D eigenvalue weighted by atomic mass is 16.3. The third kappa shape index (κ3) is 8.82. The molecule has 1 fully saturated rings. The lowest BCUT2D eigenvalue weighted by Crippen LogP contribution is -2.34. The average Bonchev–Trinajstić information content (AvgIpc) is 2.39. The number of carbonyl (C=O) groups excluding carboxylic acids is 1. The molecule has 0 aromatic heterocycles. The first-order chi connectivity index (χ1) is 9.04. The molecule has 0 aromatic carbocycles. The highest BCUT2D eigenvalue weighted by molar-refractivity contribution is 5.78. The maximum atomic E-state index is 11.8. The van der Waals surface area contributed by atoms with Gasteiger partial charge in [-0.25, -0.2) is 0 Å². The molecule has 1 aliphatic rings. The van der Waals surface area contributed by atoms with Gasteiger partial charge in [0.25, 0.3) is 0 Å². The summed E-state index contributed by atoms with van der Waals surface area (Å²) >= 11 is 0. The summed E-state index contributed by atoms with van der Waals surface area (Å²) in [6, 6.07) is 0. The van der Waals surface area contributed by atoms with Gasteiger partial charge in [0.05, 0.1) is 6.61 Å². The summed E-state index contributed by atoms with van der Waals surface area (Å²) in [4.78, 5) is 11.8. The van der Waals surface area contributed by atoms with Gasteiger partial charge in [-0.15, -0.1) is 0 Å². The Morgan fingerprint density at radius 1 is 1.37 bits per heavy atom. The molecule has 1 saturated carbocycles. The highest BCUT2D eigenvalue weighted by Gasteiger charge is 2.24. The quantitative estimate of drug-likeness (QED) is 0.752. The lowest BCUT2D eigenvalue weighted by Gasteiger charge is -2.25. The van der Waals surface area contributed by atoms with Crippen molar-refractivity contribution in [2.75, 3.05) is 13.2 Å². The summed E-state index contributed by atoms with van der Waals surface area (Å²) in [5.41, 5.74) is 0.775. The van der Waals surface area contributed by atoms with Gasteiger partial charge in [-0.1, -0.05) is 52.2 Å². The Kier molecular flexibility index (Phi) is 10.6. The van der Waals surface area contributed by atoms with E-state index < -0.39 is 0 Å². The predicted octanol–water partition coefficient (Wildman–Crippen LogP) is 3.28. The Morgan fingerprint density at radius 2 is 2.00 bits per heavy atom. The fourth-order valence-corrected chi connectivity index (χ4v) is 2.26. The van der Waals surface area contributed by atoms with Crippen molar-refractivity contribution in [2.45, 2.75) is 59.3 Å². The Labute approximate surface area is 118 Å². The summed E-state index contributed by atoms with van der Waals surface area (Å²) in [6.45, 7) is 10.8. The Bertz CT molecular complexity index is 263. The van der Waals surface area contributed by atoms with E-state index >= 15 is 0 Å². The summed E-state index contributed by atoms with van der Waals surface area (Å²) in [7, 11) is 0. The first kappa shape index (κ1) is 18.2. The molecule has 2 atom stereocenters. The van der Waals surface area contributed by atoms with Crippen molar-refractivity contribution in [3.8, 4) is 0 Å². The lowest BCUT2D eigenvalue weighted by molar-refractivity contribution is -0.126. The zero-order valence-electron chi connectivity index (χ0n) is 12.9. The topological polar surface area (TPSA) is 49.3 Å². The lowest BCUT2D eigenvalue weighted by atomic mass is 9.82. The molecular formula is C16H31NO2. The fourth-order valence-electron chi connectivity index (χ4n) is 2.26. The molecule has 3 nitrogen and oxygen atoms in total. The van der Waals surface area contributed by atoms with Crippen LogP contribution >= 0.6 is 0 Å². The summed E-state index contributed by atoms with van der Waals surface area (Å²) < 4.78 is 0. The minimum Gasteiger partial charge on any atom is -0.392 e. The van der Waals surface area contributed by atoms with E-state index in [4.69, 9.17) is 5.11 Å². The van der Waals surface area contributed by atoms with Crippen molar-refractivity contribution in [1.82, 2.24) is 5.32 Å². The second-order valence-corrected chi connectivity index (χ2v) is 5.62. The number of amides is 1. The zero-order chi connectivity index (χ0) is 14.7. The molecule has 2 N–H and O–H groups in total. The van der Waals surface area contributed by atoms with Crippen LogP contribution in [0, 0.1) is 11.8 Å². The fraction of sp³-hybridized carbons (Fsp3) is 0.812. The Balaban J connectivity index is 0.000000982. The van der Waals surface area contributed by atoms with Crippen LogP contribution < -0.4 is 5.32 Å². The van der Waals surface area contributed by atoms with E-state index in [0.717, 1.165) is 18.4 Å². The molecular weight excluding hydrogens is 238 g/mol. The second kappa shape index (κ2) is 11.0. The van der Waals surface area contributed by atoms with E-state index in [-0.39, 0.29) is 18.4 Å². The van der Waals surface area contributed by atoms with E-state index in [1.807, 2.05) is 0 Å². The van der Waals surface area contributed by atoms with Crippen LogP contribution in [0.3, 0.4) is 0 Å². The van der Waals surface area contributed by atoms with Crippen LogP contribution in [0.2, 0.25) is 0 Å². The van der Waals surface area contributed by atoms with Gasteiger partial charge in [0.2, 0.25) is 5.91 Å². The number of carbonyl (C=O) groups is 1. The van der Waals surface area contributed by atoms with Gasteiger partial charge < -0.3 is 10.4 Å². The molecule has 112 valence electrons. The monoisotopic (exact) mass is 269 g/mol. The Morgan fingerprint density at radius 3 is 2.53 bits per heavy atom. The molecule has 19 heavy (non-hydrogen) atoms. The second-order valence-electron chi connectivity index (χ2n) is 5.62. The standard InChI is InChI=1S/C13H23NO2.C3H8/c1-10-4-3-5-12(8-10)13(16)14-7-6-11(2)9-15;1-3-2/h10,12,15H,2-9H2,1H3,(H,14,16);3H2,1-2H3. The van der Waals surface area contributed by atoms with E-state index in [9.17, 15) is 4.79 Å². The summed E-state index contributed by atoms with van der Waals surface area (Å²) in [5, 5.41) is 11.7. The van der Waals surface area contributed by atoms with Gasteiger partial charge in [-0.2, -0.15) is 0 Å². The maximum Gasteiger partial charge on any atom is 0.223 e. The van der Waals surface area contributed by atoms with Crippen LogP contribution in [0.4, 0.5) is 0 Å². The van der Waals surface area contributed by atoms with Crippen LogP contribution in [0.1, 0.15) is 59.3 Å². The predicted molar refractivity (Wildman–Crippen MR) is 80.9 cm³/mol. The molecule has 0 bridgehead atoms. The molecule has 3 heteroatoms. The van der Waals surface area contributed by atoms with E-state index in [0.29, 0.717) is 18.9 Å². The minimum atomic E-state index is 0.0103. The van der Waals surface area contributed by atoms with Crippen LogP contribution in [0.5, 0.6) is 0 Å². The van der Waals surface area contributed by atoms with Gasteiger partial charge in [-0.05, 0) is 25.2 Å². The molecule has 1 rings (SSSR count). The molecule has 0 spiro atoms. The molecule has 0 aromatic rings. The highest BCUT2D eigenvalue weighted by Crippen LogP contribution is 2.28. The minimum absolute atomic E-state index is 0.0103. The number of rotatable bonds is 5. The number of aliphatic hydroxyl groups excluding tert-OH is 1. The van der Waals surface area contributed by atoms with Crippen molar-refractivity contribution >= 4 is 5.91 Å². The number of hydrogen-bond donors (Lipinski definition) is 2. The van der Waals surface area contributed by atoms with E-state index in [2.05, 4.69) is 32.7 Å². The number of aliphatic hydroxyl groups is 1. The van der Waals surface area contributed by atoms with Crippen molar-refractivity contribution in [3.63, 3.8) is 0 Å². The summed E-state index contributed by atoms with van der Waals surface area (Å²) in [6.07, 6.45) is 6.39. The van der Waals surface area contributed by atoms with E-state index in [1.165, 1.54) is 19.3 Å².